The van der Waals surface area contributed by atoms with Crippen LogP contribution in [0.3, 0.4) is 0 Å². The van der Waals surface area contributed by atoms with E-state index in [1.807, 2.05) is 0 Å². The Kier molecular flexibility index (Phi) is 8.21. The molecule has 0 aromatic heterocycles. The van der Waals surface area contributed by atoms with Crippen LogP contribution >= 0.6 is 0 Å². The number of hydrogen-bond acceptors (Lipinski definition) is 3. The molecule has 0 spiro atoms. The Morgan fingerprint density at radius 1 is 0.895 bits per heavy atom. The molecular formula is C14H26N2O3. The summed E-state index contributed by atoms with van der Waals surface area (Å²) in [6, 6.07) is 0.398. The van der Waals surface area contributed by atoms with Gasteiger partial charge in [0.05, 0.1) is 0 Å². The van der Waals surface area contributed by atoms with Gasteiger partial charge in [-0.3, -0.25) is 14.8 Å². The van der Waals surface area contributed by atoms with Gasteiger partial charge in [0, 0.05) is 18.9 Å². The van der Waals surface area contributed by atoms with Crippen molar-refractivity contribution in [2.45, 2.75) is 76.7 Å². The number of carbonyl (C=O) groups is 2. The maximum absolute atomic E-state index is 11.7. The summed E-state index contributed by atoms with van der Waals surface area (Å²) in [6.45, 7) is 0. The second kappa shape index (κ2) is 9.78. The summed E-state index contributed by atoms with van der Waals surface area (Å²) in [5, 5.41) is 11.4. The van der Waals surface area contributed by atoms with Gasteiger partial charge in [-0.05, 0) is 25.7 Å². The number of unbranched alkanes of at least 4 members (excludes halogenated alkanes) is 3. The summed E-state index contributed by atoms with van der Waals surface area (Å²) >= 11 is 0. The van der Waals surface area contributed by atoms with Crippen LogP contribution < -0.4 is 10.8 Å². The Morgan fingerprint density at radius 3 is 2.05 bits per heavy atom. The summed E-state index contributed by atoms with van der Waals surface area (Å²) in [4.78, 5) is 22.4. The van der Waals surface area contributed by atoms with Gasteiger partial charge in [-0.1, -0.05) is 32.1 Å². The van der Waals surface area contributed by atoms with Crippen molar-refractivity contribution in [1.29, 1.82) is 0 Å². The first-order valence-corrected chi connectivity index (χ1v) is 7.44. The third-order valence-corrected chi connectivity index (χ3v) is 3.65. The van der Waals surface area contributed by atoms with Gasteiger partial charge < -0.3 is 5.32 Å². The van der Waals surface area contributed by atoms with E-state index in [-0.39, 0.29) is 11.8 Å². The van der Waals surface area contributed by atoms with Crippen LogP contribution in [0.5, 0.6) is 0 Å². The van der Waals surface area contributed by atoms with Crippen LogP contribution in [0.4, 0.5) is 0 Å². The summed E-state index contributed by atoms with van der Waals surface area (Å²) in [7, 11) is 0. The summed E-state index contributed by atoms with van der Waals surface area (Å²) < 4.78 is 0. The molecule has 3 N–H and O–H groups in total. The highest BCUT2D eigenvalue weighted by Crippen LogP contribution is 2.17. The summed E-state index contributed by atoms with van der Waals surface area (Å²) in [5.41, 5.74) is 1.62. The topological polar surface area (TPSA) is 78.4 Å². The minimum atomic E-state index is -0.338. The molecule has 1 rings (SSSR count). The molecule has 0 heterocycles. The third kappa shape index (κ3) is 7.82. The lowest BCUT2D eigenvalue weighted by Crippen LogP contribution is -2.35. The minimum absolute atomic E-state index is 0.167. The smallest absolute Gasteiger partial charge is 0.243 e. The summed E-state index contributed by atoms with van der Waals surface area (Å²) in [5.74, 6) is -0.171. The lowest BCUT2D eigenvalue weighted by molar-refractivity contribution is -0.129. The van der Waals surface area contributed by atoms with Gasteiger partial charge in [-0.15, -0.1) is 0 Å². The minimum Gasteiger partial charge on any atom is -0.353 e. The van der Waals surface area contributed by atoms with Crippen molar-refractivity contribution in [3.05, 3.63) is 0 Å². The van der Waals surface area contributed by atoms with Crippen LogP contribution in [-0.4, -0.2) is 23.1 Å². The molecule has 2 amide bonds. The molecular weight excluding hydrogens is 244 g/mol. The van der Waals surface area contributed by atoms with E-state index in [1.54, 1.807) is 5.48 Å². The normalized spacial score (nSPS) is 16.1. The van der Waals surface area contributed by atoms with E-state index in [9.17, 15) is 9.59 Å². The molecule has 1 aliphatic rings. The van der Waals surface area contributed by atoms with Gasteiger partial charge in [0.15, 0.2) is 0 Å². The van der Waals surface area contributed by atoms with Gasteiger partial charge in [-0.2, -0.15) is 0 Å². The number of carbonyl (C=O) groups excluding carboxylic acids is 2. The molecule has 0 aromatic rings. The lowest BCUT2D eigenvalue weighted by atomic mass is 9.95. The van der Waals surface area contributed by atoms with Gasteiger partial charge in [-0.25, -0.2) is 5.48 Å². The van der Waals surface area contributed by atoms with E-state index in [2.05, 4.69) is 5.32 Å². The number of amides is 2. The Hall–Kier alpha value is -1.10. The fourth-order valence-corrected chi connectivity index (χ4v) is 2.53. The van der Waals surface area contributed by atoms with Crippen LogP contribution in [0, 0.1) is 0 Å². The molecule has 19 heavy (non-hydrogen) atoms. The standard InChI is InChI=1S/C14H26N2O3/c17-13(15-12-8-4-3-5-9-12)10-6-1-2-7-11-14(18)16-19/h12,19H,1-11H2,(H,15,17)(H,16,18). The summed E-state index contributed by atoms with van der Waals surface area (Å²) in [6.07, 6.45) is 10.5. The second-order valence-electron chi connectivity index (χ2n) is 5.35. The van der Waals surface area contributed by atoms with E-state index >= 15 is 0 Å². The van der Waals surface area contributed by atoms with Gasteiger partial charge >= 0.3 is 0 Å². The Labute approximate surface area is 115 Å². The fraction of sp³-hybridized carbons (Fsp3) is 0.857. The van der Waals surface area contributed by atoms with Crippen LogP contribution in [0.25, 0.3) is 0 Å². The van der Waals surface area contributed by atoms with Crippen molar-refractivity contribution in [3.63, 3.8) is 0 Å². The predicted octanol–water partition coefficient (Wildman–Crippen LogP) is 2.28. The predicted molar refractivity (Wildman–Crippen MR) is 72.6 cm³/mol. The molecule has 0 unspecified atom stereocenters. The molecule has 0 aliphatic heterocycles. The van der Waals surface area contributed by atoms with Crippen molar-refractivity contribution in [1.82, 2.24) is 10.8 Å². The highest BCUT2D eigenvalue weighted by Gasteiger charge is 2.14. The molecule has 1 saturated carbocycles. The first kappa shape index (κ1) is 16.0. The highest BCUT2D eigenvalue weighted by atomic mass is 16.5. The van der Waals surface area contributed by atoms with Gasteiger partial charge in [0.25, 0.3) is 0 Å². The Bertz CT molecular complexity index is 276. The van der Waals surface area contributed by atoms with Crippen molar-refractivity contribution in [2.75, 3.05) is 0 Å². The monoisotopic (exact) mass is 270 g/mol. The maximum atomic E-state index is 11.7. The molecule has 110 valence electrons. The lowest BCUT2D eigenvalue weighted by Gasteiger charge is -2.22. The highest BCUT2D eigenvalue weighted by molar-refractivity contribution is 5.76. The first-order chi connectivity index (χ1) is 9.22. The van der Waals surface area contributed by atoms with E-state index < -0.39 is 0 Å². The quantitative estimate of drug-likeness (QED) is 0.360. The Balaban J connectivity index is 1.93. The molecule has 0 atom stereocenters. The van der Waals surface area contributed by atoms with Crippen molar-refractivity contribution >= 4 is 11.8 Å². The molecule has 0 bridgehead atoms. The number of hydroxylamine groups is 1. The van der Waals surface area contributed by atoms with Crippen LogP contribution in [-0.2, 0) is 9.59 Å². The molecule has 0 radical (unpaired) electrons. The van der Waals surface area contributed by atoms with E-state index in [4.69, 9.17) is 5.21 Å². The molecule has 5 nitrogen and oxygen atoms in total. The van der Waals surface area contributed by atoms with Crippen LogP contribution in [0.2, 0.25) is 0 Å². The SMILES string of the molecule is O=C(CCCCCCC(=O)NC1CCCCC1)NO. The van der Waals surface area contributed by atoms with E-state index in [0.29, 0.717) is 18.9 Å². The van der Waals surface area contributed by atoms with E-state index in [1.165, 1.54) is 19.3 Å². The number of nitrogens with one attached hydrogen (secondary N) is 2. The largest absolute Gasteiger partial charge is 0.353 e. The van der Waals surface area contributed by atoms with Crippen LogP contribution in [0.1, 0.15) is 70.6 Å². The van der Waals surface area contributed by atoms with Crippen LogP contribution in [0.15, 0.2) is 0 Å². The zero-order valence-electron chi connectivity index (χ0n) is 11.6. The van der Waals surface area contributed by atoms with Gasteiger partial charge in [0.1, 0.15) is 0 Å². The molecule has 5 heteroatoms. The average molecular weight is 270 g/mol. The molecule has 1 fully saturated rings. The number of rotatable bonds is 8. The maximum Gasteiger partial charge on any atom is 0.243 e. The zero-order chi connectivity index (χ0) is 13.9. The fourth-order valence-electron chi connectivity index (χ4n) is 2.53. The molecule has 0 saturated heterocycles. The molecule has 1 aliphatic carbocycles. The average Bonchev–Trinajstić information content (AvgIpc) is 2.43. The van der Waals surface area contributed by atoms with Gasteiger partial charge in [0.2, 0.25) is 11.8 Å². The first-order valence-electron chi connectivity index (χ1n) is 7.44. The van der Waals surface area contributed by atoms with Crippen molar-refractivity contribution in [3.8, 4) is 0 Å². The number of hydrogen-bond donors (Lipinski definition) is 3. The third-order valence-electron chi connectivity index (χ3n) is 3.65. The molecule has 0 aromatic carbocycles. The van der Waals surface area contributed by atoms with E-state index in [0.717, 1.165) is 38.5 Å². The zero-order valence-corrected chi connectivity index (χ0v) is 11.6. The Morgan fingerprint density at radius 2 is 1.47 bits per heavy atom. The van der Waals surface area contributed by atoms with Crippen molar-refractivity contribution in [2.24, 2.45) is 0 Å². The second-order valence-corrected chi connectivity index (χ2v) is 5.35. The van der Waals surface area contributed by atoms with Crippen molar-refractivity contribution < 1.29 is 14.8 Å².